The predicted octanol–water partition coefficient (Wildman–Crippen LogP) is 23.1. The molecular formula is C82H58N2. The third kappa shape index (κ3) is 10.3. The Kier molecular flexibility index (Phi) is 14.1. The van der Waals surface area contributed by atoms with Gasteiger partial charge in [-0.25, -0.2) is 0 Å². The van der Waals surface area contributed by atoms with Crippen LogP contribution < -0.4 is 9.80 Å². The van der Waals surface area contributed by atoms with Crippen LogP contribution in [0.2, 0.25) is 0 Å². The van der Waals surface area contributed by atoms with E-state index in [0.29, 0.717) is 0 Å². The molecule has 0 spiro atoms. The van der Waals surface area contributed by atoms with Crippen LogP contribution in [0.1, 0.15) is 22.3 Å². The summed E-state index contributed by atoms with van der Waals surface area (Å²) in [6, 6.07) is 118. The second-order valence-corrected chi connectivity index (χ2v) is 21.2. The summed E-state index contributed by atoms with van der Waals surface area (Å²) in [6.07, 6.45) is 8.87. The minimum Gasteiger partial charge on any atom is -0.310 e. The Hall–Kier alpha value is -11.1. The molecule has 0 aromatic heterocycles. The lowest BCUT2D eigenvalue weighted by Gasteiger charge is -2.27. The molecule has 0 bridgehead atoms. The van der Waals surface area contributed by atoms with Crippen molar-refractivity contribution in [2.75, 3.05) is 9.80 Å². The molecule has 0 radical (unpaired) electrons. The Morgan fingerprint density at radius 2 is 0.440 bits per heavy atom. The predicted molar refractivity (Wildman–Crippen MR) is 361 cm³/mol. The van der Waals surface area contributed by atoms with Crippen LogP contribution in [0.3, 0.4) is 0 Å². The number of rotatable bonds is 14. The molecule has 84 heavy (non-hydrogen) atoms. The molecule has 396 valence electrons. The van der Waals surface area contributed by atoms with E-state index in [-0.39, 0.29) is 0 Å². The molecular weight excluding hydrogens is 1010 g/mol. The van der Waals surface area contributed by atoms with Gasteiger partial charge in [0.2, 0.25) is 0 Å². The quantitative estimate of drug-likeness (QED) is 0.100. The molecule has 14 aromatic rings. The fourth-order valence-electron chi connectivity index (χ4n) is 12.0. The normalized spacial score (nSPS) is 11.5. The van der Waals surface area contributed by atoms with Gasteiger partial charge >= 0.3 is 0 Å². The van der Waals surface area contributed by atoms with Crippen LogP contribution in [0.25, 0.3) is 101 Å². The molecule has 0 aliphatic carbocycles. The van der Waals surface area contributed by atoms with Gasteiger partial charge in [-0.2, -0.15) is 0 Å². The smallest absolute Gasteiger partial charge is 0.0540 e. The Labute approximate surface area is 492 Å². The highest BCUT2D eigenvalue weighted by Crippen LogP contribution is 2.51. The standard InChI is InChI=1S/C82H58N2/c1-5-23-65(24-6-1)79-75-35-17-18-36-76(75)80(66-25-7-2-8-26-66)82(68-53-45-60(46-54-68)40-42-62-49-57-72(58-50-62)84(70-31-11-4-12-32-70)78-38-20-28-64-22-14-16-34-74(64)78)81(79)67-51-43-59(44-52-67)39-41-61-47-55-71(56-48-61)83(69-29-9-3-10-30-69)77-37-19-27-63-21-13-15-33-73(63)77/h1-58H/b41-39+,42-40+. The van der Waals surface area contributed by atoms with Crippen LogP contribution in [0, 0.1) is 0 Å². The molecule has 0 N–H and O–H groups in total. The van der Waals surface area contributed by atoms with E-state index in [1.54, 1.807) is 0 Å². The van der Waals surface area contributed by atoms with E-state index >= 15 is 0 Å². The summed E-state index contributed by atoms with van der Waals surface area (Å²) in [5, 5.41) is 7.29. The van der Waals surface area contributed by atoms with Crippen molar-refractivity contribution in [3.05, 3.63) is 350 Å². The lowest BCUT2D eigenvalue weighted by Crippen LogP contribution is -2.10. The molecule has 0 atom stereocenters. The number of nitrogens with zero attached hydrogens (tertiary/aromatic N) is 2. The molecule has 0 saturated heterocycles. The summed E-state index contributed by atoms with van der Waals surface area (Å²) in [5.74, 6) is 0. The van der Waals surface area contributed by atoms with Crippen molar-refractivity contribution in [1.82, 2.24) is 0 Å². The molecule has 14 aromatic carbocycles. The van der Waals surface area contributed by atoms with E-state index in [1.165, 1.54) is 65.7 Å². The molecule has 0 saturated carbocycles. The van der Waals surface area contributed by atoms with Gasteiger partial charge in [0.15, 0.2) is 0 Å². The molecule has 0 aliphatic rings. The van der Waals surface area contributed by atoms with E-state index in [9.17, 15) is 0 Å². The Morgan fingerprint density at radius 1 is 0.179 bits per heavy atom. The van der Waals surface area contributed by atoms with Crippen LogP contribution in [-0.2, 0) is 0 Å². The van der Waals surface area contributed by atoms with Gasteiger partial charge in [-0.1, -0.05) is 291 Å². The highest BCUT2D eigenvalue weighted by atomic mass is 15.1. The minimum atomic E-state index is 1.10. The van der Waals surface area contributed by atoms with Crippen LogP contribution in [0.5, 0.6) is 0 Å². The third-order valence-electron chi connectivity index (χ3n) is 16.0. The average Bonchev–Trinajstić information content (AvgIpc) is 2.54. The summed E-state index contributed by atoms with van der Waals surface area (Å²) in [4.78, 5) is 4.70. The fourth-order valence-corrected chi connectivity index (χ4v) is 12.0. The monoisotopic (exact) mass is 1070 g/mol. The lowest BCUT2D eigenvalue weighted by molar-refractivity contribution is 1.30. The zero-order chi connectivity index (χ0) is 56.0. The first-order valence-electron chi connectivity index (χ1n) is 28.8. The van der Waals surface area contributed by atoms with Gasteiger partial charge < -0.3 is 9.80 Å². The SMILES string of the molecule is C(=C\c1ccc(N(c2ccccc2)c2cccc3ccccc23)cc1)/c1ccc(-c2c(-c3ccc(/C=C/c4ccc(N(c5ccccc5)c5cccc6ccccc56)cc4)cc3)c(-c3ccccc3)c3ccccc3c2-c2ccccc2)cc1. The van der Waals surface area contributed by atoms with Crippen LogP contribution in [0.4, 0.5) is 34.1 Å². The molecule has 0 amide bonds. The highest BCUT2D eigenvalue weighted by Gasteiger charge is 2.24. The van der Waals surface area contributed by atoms with Crippen LogP contribution >= 0.6 is 0 Å². The largest absolute Gasteiger partial charge is 0.310 e. The first-order chi connectivity index (χ1) is 41.7. The summed E-state index contributed by atoms with van der Waals surface area (Å²) in [5.41, 5.74) is 20.8. The van der Waals surface area contributed by atoms with Gasteiger partial charge in [0, 0.05) is 33.5 Å². The summed E-state index contributed by atoms with van der Waals surface area (Å²) < 4.78 is 0. The van der Waals surface area contributed by atoms with Crippen molar-refractivity contribution < 1.29 is 0 Å². The lowest BCUT2D eigenvalue weighted by atomic mass is 9.79. The maximum Gasteiger partial charge on any atom is 0.0540 e. The van der Waals surface area contributed by atoms with Crippen molar-refractivity contribution >= 4 is 90.7 Å². The van der Waals surface area contributed by atoms with E-state index in [0.717, 1.165) is 67.5 Å². The zero-order valence-electron chi connectivity index (χ0n) is 46.4. The fraction of sp³-hybridized carbons (Fsp3) is 0. The molecule has 0 heterocycles. The van der Waals surface area contributed by atoms with Crippen molar-refractivity contribution in [2.24, 2.45) is 0 Å². The van der Waals surface area contributed by atoms with Crippen molar-refractivity contribution in [1.29, 1.82) is 0 Å². The maximum absolute atomic E-state index is 2.35. The molecule has 0 unspecified atom stereocenters. The number of anilines is 6. The molecule has 0 fully saturated rings. The van der Waals surface area contributed by atoms with Gasteiger partial charge in [0.25, 0.3) is 0 Å². The van der Waals surface area contributed by atoms with E-state index in [4.69, 9.17) is 0 Å². The zero-order valence-corrected chi connectivity index (χ0v) is 46.4. The highest BCUT2D eigenvalue weighted by molar-refractivity contribution is 6.18. The molecule has 14 rings (SSSR count). The molecule has 2 nitrogen and oxygen atoms in total. The molecule has 0 aliphatic heterocycles. The first kappa shape index (κ1) is 51.1. The van der Waals surface area contributed by atoms with Crippen molar-refractivity contribution in [2.45, 2.75) is 0 Å². The van der Waals surface area contributed by atoms with Gasteiger partial charge in [-0.3, -0.25) is 0 Å². The summed E-state index contributed by atoms with van der Waals surface area (Å²) in [6.45, 7) is 0. The number of benzene rings is 14. The van der Waals surface area contributed by atoms with E-state index in [2.05, 4.69) is 362 Å². The second kappa shape index (κ2) is 23.2. The van der Waals surface area contributed by atoms with E-state index in [1.807, 2.05) is 0 Å². The van der Waals surface area contributed by atoms with E-state index < -0.39 is 0 Å². The van der Waals surface area contributed by atoms with Crippen molar-refractivity contribution in [3.8, 4) is 44.5 Å². The first-order valence-corrected chi connectivity index (χ1v) is 28.8. The van der Waals surface area contributed by atoms with Gasteiger partial charge in [0.05, 0.1) is 11.4 Å². The summed E-state index contributed by atoms with van der Waals surface area (Å²) >= 11 is 0. The molecule has 2 heteroatoms. The van der Waals surface area contributed by atoms with Crippen molar-refractivity contribution in [3.63, 3.8) is 0 Å². The number of hydrogen-bond acceptors (Lipinski definition) is 2. The van der Waals surface area contributed by atoms with Crippen LogP contribution in [-0.4, -0.2) is 0 Å². The van der Waals surface area contributed by atoms with Gasteiger partial charge in [-0.05, 0) is 149 Å². The number of fused-ring (bicyclic) bond motifs is 3. The van der Waals surface area contributed by atoms with Gasteiger partial charge in [-0.15, -0.1) is 0 Å². The second-order valence-electron chi connectivity index (χ2n) is 21.2. The minimum absolute atomic E-state index is 1.10. The average molecular weight is 1070 g/mol. The Bertz CT molecular complexity index is 4330. The maximum atomic E-state index is 2.35. The topological polar surface area (TPSA) is 6.48 Å². The number of hydrogen-bond donors (Lipinski definition) is 0. The number of para-hydroxylation sites is 2. The van der Waals surface area contributed by atoms with Crippen LogP contribution in [0.15, 0.2) is 328 Å². The Balaban J connectivity index is 0.810. The van der Waals surface area contributed by atoms with Gasteiger partial charge in [0.1, 0.15) is 0 Å². The summed E-state index contributed by atoms with van der Waals surface area (Å²) in [7, 11) is 0. The Morgan fingerprint density at radius 3 is 0.798 bits per heavy atom. The third-order valence-corrected chi connectivity index (χ3v) is 16.0.